The lowest BCUT2D eigenvalue weighted by molar-refractivity contribution is 0.301. The van der Waals surface area contributed by atoms with Crippen LogP contribution in [0.5, 0.6) is 0 Å². The number of hydrogen-bond acceptors (Lipinski definition) is 3. The fraction of sp³-hybridized carbons (Fsp3) is 0.538. The molecule has 0 bridgehead atoms. The standard InChI is InChI=1S/C13H16BrN3/c1-16-11-4-6-13(9-15,7-5-11)12-3-2-10(14)8-17-12/h2-3,8,11,16H,4-7H2,1H3/t11-,13+. The van der Waals surface area contributed by atoms with Gasteiger partial charge in [-0.05, 0) is 60.8 Å². The molecule has 0 atom stereocenters. The van der Waals surface area contributed by atoms with E-state index < -0.39 is 0 Å². The molecule has 0 amide bonds. The molecule has 1 aromatic heterocycles. The Balaban J connectivity index is 2.22. The molecular formula is C13H16BrN3. The Morgan fingerprint density at radius 3 is 2.65 bits per heavy atom. The van der Waals surface area contributed by atoms with Gasteiger partial charge in [-0.1, -0.05) is 0 Å². The largest absolute Gasteiger partial charge is 0.317 e. The van der Waals surface area contributed by atoms with Crippen LogP contribution >= 0.6 is 15.9 Å². The van der Waals surface area contributed by atoms with Gasteiger partial charge >= 0.3 is 0 Å². The minimum absolute atomic E-state index is 0.381. The van der Waals surface area contributed by atoms with Crippen LogP contribution in [-0.4, -0.2) is 18.1 Å². The second kappa shape index (κ2) is 5.16. The van der Waals surface area contributed by atoms with Crippen molar-refractivity contribution in [2.75, 3.05) is 7.05 Å². The normalized spacial score (nSPS) is 28.6. The average Bonchev–Trinajstić information content (AvgIpc) is 2.40. The van der Waals surface area contributed by atoms with Crippen molar-refractivity contribution in [1.29, 1.82) is 5.26 Å². The molecular weight excluding hydrogens is 278 g/mol. The third kappa shape index (κ3) is 2.51. The average molecular weight is 294 g/mol. The lowest BCUT2D eigenvalue weighted by Gasteiger charge is -2.34. The number of nitrogens with zero attached hydrogens (tertiary/aromatic N) is 2. The number of nitriles is 1. The van der Waals surface area contributed by atoms with Crippen LogP contribution < -0.4 is 5.32 Å². The van der Waals surface area contributed by atoms with E-state index in [1.54, 1.807) is 6.20 Å². The molecule has 3 nitrogen and oxygen atoms in total. The fourth-order valence-electron chi connectivity index (χ4n) is 2.48. The number of pyridine rings is 1. The van der Waals surface area contributed by atoms with Crippen LogP contribution in [-0.2, 0) is 5.41 Å². The van der Waals surface area contributed by atoms with E-state index in [1.165, 1.54) is 0 Å². The number of nitrogens with one attached hydrogen (secondary N) is 1. The summed E-state index contributed by atoms with van der Waals surface area (Å²) in [7, 11) is 1.99. The van der Waals surface area contributed by atoms with E-state index >= 15 is 0 Å². The molecule has 0 aromatic carbocycles. The van der Waals surface area contributed by atoms with E-state index in [9.17, 15) is 5.26 Å². The molecule has 0 spiro atoms. The molecule has 90 valence electrons. The highest BCUT2D eigenvalue weighted by molar-refractivity contribution is 9.10. The van der Waals surface area contributed by atoms with E-state index in [-0.39, 0.29) is 5.41 Å². The van der Waals surface area contributed by atoms with E-state index in [2.05, 4.69) is 32.3 Å². The zero-order valence-electron chi connectivity index (χ0n) is 9.91. The first-order valence-corrected chi connectivity index (χ1v) is 6.70. The topological polar surface area (TPSA) is 48.7 Å². The summed E-state index contributed by atoms with van der Waals surface area (Å²) in [5.41, 5.74) is 0.534. The van der Waals surface area contributed by atoms with Crippen LogP contribution in [0.4, 0.5) is 0 Å². The van der Waals surface area contributed by atoms with Crippen molar-refractivity contribution >= 4 is 15.9 Å². The van der Waals surface area contributed by atoms with Crippen molar-refractivity contribution in [2.24, 2.45) is 0 Å². The first kappa shape index (κ1) is 12.5. The third-order valence-corrected chi connectivity index (χ3v) is 4.15. The molecule has 0 unspecified atom stereocenters. The van der Waals surface area contributed by atoms with Crippen LogP contribution in [0.15, 0.2) is 22.8 Å². The molecule has 2 rings (SSSR count). The first-order chi connectivity index (χ1) is 8.20. The third-order valence-electron chi connectivity index (χ3n) is 3.68. The van der Waals surface area contributed by atoms with Gasteiger partial charge in [-0.25, -0.2) is 0 Å². The van der Waals surface area contributed by atoms with Crippen LogP contribution in [0.1, 0.15) is 31.4 Å². The summed E-state index contributed by atoms with van der Waals surface area (Å²) >= 11 is 3.37. The Morgan fingerprint density at radius 2 is 2.18 bits per heavy atom. The lowest BCUT2D eigenvalue weighted by atomic mass is 9.71. The second-order valence-electron chi connectivity index (χ2n) is 4.62. The minimum atomic E-state index is -0.381. The van der Waals surface area contributed by atoms with Gasteiger partial charge in [0.2, 0.25) is 0 Å². The van der Waals surface area contributed by atoms with Crippen LogP contribution in [0, 0.1) is 11.3 Å². The highest BCUT2D eigenvalue weighted by Crippen LogP contribution is 2.38. The molecule has 0 aliphatic heterocycles. The Hall–Kier alpha value is -0.920. The Morgan fingerprint density at radius 1 is 1.47 bits per heavy atom. The van der Waals surface area contributed by atoms with Crippen molar-refractivity contribution in [3.63, 3.8) is 0 Å². The maximum Gasteiger partial charge on any atom is 0.0994 e. The summed E-state index contributed by atoms with van der Waals surface area (Å²) in [4.78, 5) is 4.41. The summed E-state index contributed by atoms with van der Waals surface area (Å²) in [5.74, 6) is 0. The molecule has 17 heavy (non-hydrogen) atoms. The Kier molecular flexibility index (Phi) is 3.80. The molecule has 1 N–H and O–H groups in total. The van der Waals surface area contributed by atoms with E-state index in [0.29, 0.717) is 6.04 Å². The van der Waals surface area contributed by atoms with Crippen LogP contribution in [0.25, 0.3) is 0 Å². The van der Waals surface area contributed by atoms with Gasteiger partial charge in [0.15, 0.2) is 0 Å². The number of aromatic nitrogens is 1. The van der Waals surface area contributed by atoms with Gasteiger partial charge in [-0.2, -0.15) is 5.26 Å². The maximum absolute atomic E-state index is 9.50. The first-order valence-electron chi connectivity index (χ1n) is 5.91. The van der Waals surface area contributed by atoms with Crippen molar-refractivity contribution in [2.45, 2.75) is 37.1 Å². The molecule has 0 radical (unpaired) electrons. The van der Waals surface area contributed by atoms with Crippen molar-refractivity contribution < 1.29 is 0 Å². The van der Waals surface area contributed by atoms with Crippen molar-refractivity contribution in [3.8, 4) is 6.07 Å². The van der Waals surface area contributed by atoms with Crippen LogP contribution in [0.3, 0.4) is 0 Å². The second-order valence-corrected chi connectivity index (χ2v) is 5.53. The summed E-state index contributed by atoms with van der Waals surface area (Å²) in [5, 5.41) is 12.8. The van der Waals surface area contributed by atoms with Gasteiger partial charge in [0.1, 0.15) is 0 Å². The van der Waals surface area contributed by atoms with Crippen molar-refractivity contribution in [3.05, 3.63) is 28.5 Å². The molecule has 0 saturated heterocycles. The molecule has 1 heterocycles. The quantitative estimate of drug-likeness (QED) is 0.912. The highest BCUT2D eigenvalue weighted by atomic mass is 79.9. The van der Waals surface area contributed by atoms with E-state index in [4.69, 9.17) is 0 Å². The van der Waals surface area contributed by atoms with Crippen molar-refractivity contribution in [1.82, 2.24) is 10.3 Å². The summed E-state index contributed by atoms with van der Waals surface area (Å²) in [6, 6.07) is 6.97. The van der Waals surface area contributed by atoms with Gasteiger partial charge in [0, 0.05) is 16.7 Å². The fourth-order valence-corrected chi connectivity index (χ4v) is 2.72. The maximum atomic E-state index is 9.50. The Bertz CT molecular complexity index is 413. The highest BCUT2D eigenvalue weighted by Gasteiger charge is 2.37. The number of hydrogen-bond donors (Lipinski definition) is 1. The van der Waals surface area contributed by atoms with Gasteiger partial charge in [-0.15, -0.1) is 0 Å². The molecule has 1 saturated carbocycles. The number of rotatable bonds is 2. The molecule has 1 aliphatic rings. The minimum Gasteiger partial charge on any atom is -0.317 e. The van der Waals surface area contributed by atoms with Crippen LogP contribution in [0.2, 0.25) is 0 Å². The molecule has 4 heteroatoms. The smallest absolute Gasteiger partial charge is 0.0994 e. The SMILES string of the molecule is CN[C@H]1CC[C@@](C#N)(c2ccc(Br)cn2)CC1. The van der Waals surface area contributed by atoms with Gasteiger partial charge in [-0.3, -0.25) is 4.98 Å². The van der Waals surface area contributed by atoms with E-state index in [0.717, 1.165) is 35.8 Å². The zero-order valence-corrected chi connectivity index (χ0v) is 11.5. The Labute approximate surface area is 110 Å². The predicted molar refractivity (Wildman–Crippen MR) is 70.5 cm³/mol. The molecule has 1 aromatic rings. The predicted octanol–water partition coefficient (Wildman–Crippen LogP) is 2.77. The summed E-state index contributed by atoms with van der Waals surface area (Å²) in [6.45, 7) is 0. The van der Waals surface area contributed by atoms with Gasteiger partial charge in [0.25, 0.3) is 0 Å². The van der Waals surface area contributed by atoms with E-state index in [1.807, 2.05) is 19.2 Å². The molecule has 1 aliphatic carbocycles. The summed E-state index contributed by atoms with van der Waals surface area (Å²) in [6.07, 6.45) is 5.65. The monoisotopic (exact) mass is 293 g/mol. The molecule has 1 fully saturated rings. The summed E-state index contributed by atoms with van der Waals surface area (Å²) < 4.78 is 0.957. The number of halogens is 1. The van der Waals surface area contributed by atoms with Gasteiger partial charge in [0.05, 0.1) is 17.2 Å². The van der Waals surface area contributed by atoms with Gasteiger partial charge < -0.3 is 5.32 Å². The lowest BCUT2D eigenvalue weighted by Crippen LogP contribution is -2.38. The zero-order chi connectivity index (χ0) is 12.3.